The lowest BCUT2D eigenvalue weighted by atomic mass is 10.0. The van der Waals surface area contributed by atoms with Crippen molar-refractivity contribution in [3.8, 4) is 11.5 Å². The number of hydrogen-bond acceptors (Lipinski definition) is 4. The molecule has 0 saturated heterocycles. The summed E-state index contributed by atoms with van der Waals surface area (Å²) in [6.07, 6.45) is 2.75. The molecule has 6 nitrogen and oxygen atoms in total. The predicted octanol–water partition coefficient (Wildman–Crippen LogP) is 5.09. The number of carbonyl (C=O) groups is 2. The molecule has 0 bridgehead atoms. The van der Waals surface area contributed by atoms with Crippen LogP contribution in [0.15, 0.2) is 72.8 Å². The zero-order valence-corrected chi connectivity index (χ0v) is 21.8. The number of aryl methyl sites for hydroxylation is 1. The molecule has 4 rings (SSSR count). The van der Waals surface area contributed by atoms with Crippen molar-refractivity contribution in [2.75, 3.05) is 19.8 Å². The molecule has 0 radical (unpaired) electrons. The van der Waals surface area contributed by atoms with Gasteiger partial charge in [-0.05, 0) is 42.2 Å². The average Bonchev–Trinajstić information content (AvgIpc) is 2.95. The monoisotopic (exact) mass is 518 g/mol. The summed E-state index contributed by atoms with van der Waals surface area (Å²) < 4.78 is 26.0. The lowest BCUT2D eigenvalue weighted by molar-refractivity contribution is -0.141. The molecule has 2 amide bonds. The van der Waals surface area contributed by atoms with E-state index in [1.165, 1.54) is 11.0 Å². The minimum Gasteiger partial charge on any atom is -0.486 e. The molecule has 0 aromatic heterocycles. The Kier molecular flexibility index (Phi) is 9.73. The molecule has 0 spiro atoms. The second-order valence-electron chi connectivity index (χ2n) is 9.44. The standard InChI is InChI=1S/C31H35FN2O4/c1-2-3-17-33-31(36)27(20-23-9-5-4-6-10-23)34(22-25-11-7-8-12-26(25)32)30(35)16-14-24-13-15-28-29(21-24)38-19-18-37-28/h4-13,15,21,27H,2-3,14,16-20,22H2,1H3,(H,33,36)/t27-/m1/s1. The molecule has 7 heteroatoms. The van der Waals surface area contributed by atoms with Gasteiger partial charge in [0.15, 0.2) is 11.5 Å². The van der Waals surface area contributed by atoms with Gasteiger partial charge >= 0.3 is 0 Å². The molecular weight excluding hydrogens is 483 g/mol. The first kappa shape index (κ1) is 27.2. The van der Waals surface area contributed by atoms with Crippen molar-refractivity contribution in [1.29, 1.82) is 0 Å². The molecule has 1 N–H and O–H groups in total. The molecule has 1 heterocycles. The number of nitrogens with zero attached hydrogens (tertiary/aromatic N) is 1. The van der Waals surface area contributed by atoms with Crippen LogP contribution in [0.4, 0.5) is 4.39 Å². The number of halogens is 1. The number of unbranched alkanes of at least 4 members (excludes halogenated alkanes) is 1. The van der Waals surface area contributed by atoms with Gasteiger partial charge in [-0.3, -0.25) is 9.59 Å². The Morgan fingerprint density at radius 2 is 1.68 bits per heavy atom. The van der Waals surface area contributed by atoms with Crippen LogP contribution in [-0.2, 0) is 29.0 Å². The minimum absolute atomic E-state index is 0.00530. The van der Waals surface area contributed by atoms with Crippen LogP contribution in [0, 0.1) is 5.82 Å². The van der Waals surface area contributed by atoms with Gasteiger partial charge in [-0.15, -0.1) is 0 Å². The summed E-state index contributed by atoms with van der Waals surface area (Å²) in [7, 11) is 0. The van der Waals surface area contributed by atoms with E-state index in [4.69, 9.17) is 9.47 Å². The Morgan fingerprint density at radius 3 is 2.45 bits per heavy atom. The smallest absolute Gasteiger partial charge is 0.243 e. The average molecular weight is 519 g/mol. The maximum Gasteiger partial charge on any atom is 0.243 e. The number of hydrogen-bond donors (Lipinski definition) is 1. The summed E-state index contributed by atoms with van der Waals surface area (Å²) in [5.41, 5.74) is 2.24. The summed E-state index contributed by atoms with van der Waals surface area (Å²) in [4.78, 5) is 28.7. The van der Waals surface area contributed by atoms with E-state index >= 15 is 0 Å². The first-order chi connectivity index (χ1) is 18.5. The van der Waals surface area contributed by atoms with E-state index in [-0.39, 0.29) is 24.8 Å². The summed E-state index contributed by atoms with van der Waals surface area (Å²) in [6, 6.07) is 20.9. The highest BCUT2D eigenvalue weighted by atomic mass is 19.1. The third-order valence-electron chi connectivity index (χ3n) is 6.63. The van der Waals surface area contributed by atoms with Gasteiger partial charge < -0.3 is 19.7 Å². The van der Waals surface area contributed by atoms with Gasteiger partial charge in [0, 0.05) is 31.5 Å². The van der Waals surface area contributed by atoms with Crippen molar-refractivity contribution in [2.45, 2.75) is 51.6 Å². The van der Waals surface area contributed by atoms with E-state index in [2.05, 4.69) is 12.2 Å². The van der Waals surface area contributed by atoms with Crippen molar-refractivity contribution in [2.24, 2.45) is 0 Å². The van der Waals surface area contributed by atoms with Crippen LogP contribution in [0.1, 0.15) is 42.9 Å². The molecule has 0 fully saturated rings. The van der Waals surface area contributed by atoms with E-state index < -0.39 is 11.9 Å². The van der Waals surface area contributed by atoms with Crippen molar-refractivity contribution < 1.29 is 23.5 Å². The Morgan fingerprint density at radius 1 is 0.947 bits per heavy atom. The van der Waals surface area contributed by atoms with Gasteiger partial charge in [-0.25, -0.2) is 4.39 Å². The molecule has 3 aromatic rings. The fraction of sp³-hybridized carbons (Fsp3) is 0.355. The highest BCUT2D eigenvalue weighted by Gasteiger charge is 2.30. The van der Waals surface area contributed by atoms with Crippen LogP contribution >= 0.6 is 0 Å². The third-order valence-corrected chi connectivity index (χ3v) is 6.63. The lowest BCUT2D eigenvalue weighted by Gasteiger charge is -2.32. The van der Waals surface area contributed by atoms with Crippen LogP contribution in [0.3, 0.4) is 0 Å². The van der Waals surface area contributed by atoms with E-state index in [0.717, 1.165) is 24.0 Å². The fourth-order valence-electron chi connectivity index (χ4n) is 4.51. The number of nitrogens with one attached hydrogen (secondary N) is 1. The maximum atomic E-state index is 14.7. The molecule has 0 unspecified atom stereocenters. The predicted molar refractivity (Wildman–Crippen MR) is 145 cm³/mol. The lowest BCUT2D eigenvalue weighted by Crippen LogP contribution is -2.50. The van der Waals surface area contributed by atoms with Crippen LogP contribution < -0.4 is 14.8 Å². The third kappa shape index (κ3) is 7.34. The summed E-state index contributed by atoms with van der Waals surface area (Å²) in [5, 5.41) is 2.99. The Balaban J connectivity index is 1.58. The fourth-order valence-corrected chi connectivity index (χ4v) is 4.51. The molecule has 38 heavy (non-hydrogen) atoms. The van der Waals surface area contributed by atoms with Gasteiger partial charge in [-0.1, -0.05) is 67.9 Å². The first-order valence-electron chi connectivity index (χ1n) is 13.3. The number of fused-ring (bicyclic) bond motifs is 1. The molecular formula is C31H35FN2O4. The Labute approximate surface area is 223 Å². The SMILES string of the molecule is CCCCNC(=O)[C@@H](Cc1ccccc1)N(Cc1ccccc1F)C(=O)CCc1ccc2c(c1)OCCO2. The summed E-state index contributed by atoms with van der Waals surface area (Å²) >= 11 is 0. The van der Waals surface area contributed by atoms with Gasteiger partial charge in [0.25, 0.3) is 0 Å². The second kappa shape index (κ2) is 13.6. The first-order valence-corrected chi connectivity index (χ1v) is 13.3. The van der Waals surface area contributed by atoms with Gasteiger partial charge in [0.1, 0.15) is 25.1 Å². The number of rotatable bonds is 12. The molecule has 3 aromatic carbocycles. The normalized spacial score (nSPS) is 13.0. The van der Waals surface area contributed by atoms with Gasteiger partial charge in [0.2, 0.25) is 11.8 Å². The molecule has 200 valence electrons. The highest BCUT2D eigenvalue weighted by Crippen LogP contribution is 2.31. The maximum absolute atomic E-state index is 14.7. The molecule has 1 atom stereocenters. The second-order valence-corrected chi connectivity index (χ2v) is 9.44. The molecule has 0 saturated carbocycles. The Bertz CT molecular complexity index is 1220. The molecule has 1 aliphatic heterocycles. The van der Waals surface area contributed by atoms with E-state index in [1.54, 1.807) is 18.2 Å². The highest BCUT2D eigenvalue weighted by molar-refractivity contribution is 5.88. The van der Waals surface area contributed by atoms with Crippen molar-refractivity contribution >= 4 is 11.8 Å². The summed E-state index contributed by atoms with van der Waals surface area (Å²) in [6.45, 7) is 3.59. The van der Waals surface area contributed by atoms with Crippen LogP contribution in [0.2, 0.25) is 0 Å². The van der Waals surface area contributed by atoms with Gasteiger partial charge in [0.05, 0.1) is 0 Å². The zero-order chi connectivity index (χ0) is 26.7. The van der Waals surface area contributed by atoms with Crippen LogP contribution in [-0.4, -0.2) is 42.5 Å². The molecule has 0 aliphatic carbocycles. The van der Waals surface area contributed by atoms with Crippen molar-refractivity contribution in [3.05, 3.63) is 95.3 Å². The summed E-state index contributed by atoms with van der Waals surface area (Å²) in [5.74, 6) is 0.517. The van der Waals surface area contributed by atoms with E-state index in [1.807, 2.05) is 48.5 Å². The number of ether oxygens (including phenoxy) is 2. The van der Waals surface area contributed by atoms with Crippen molar-refractivity contribution in [1.82, 2.24) is 10.2 Å². The number of benzene rings is 3. The Hall–Kier alpha value is -3.87. The quantitative estimate of drug-likeness (QED) is 0.340. The largest absolute Gasteiger partial charge is 0.486 e. The van der Waals surface area contributed by atoms with E-state index in [9.17, 15) is 14.0 Å². The van der Waals surface area contributed by atoms with Crippen LogP contribution in [0.5, 0.6) is 11.5 Å². The van der Waals surface area contributed by atoms with Crippen LogP contribution in [0.25, 0.3) is 0 Å². The topological polar surface area (TPSA) is 67.9 Å². The number of carbonyl (C=O) groups excluding carboxylic acids is 2. The number of amides is 2. The van der Waals surface area contributed by atoms with Crippen molar-refractivity contribution in [3.63, 3.8) is 0 Å². The zero-order valence-electron chi connectivity index (χ0n) is 21.8. The minimum atomic E-state index is -0.776. The molecule has 1 aliphatic rings. The van der Waals surface area contributed by atoms with Gasteiger partial charge in [-0.2, -0.15) is 0 Å². The van der Waals surface area contributed by atoms with E-state index in [0.29, 0.717) is 49.7 Å².